The number of benzene rings is 8. The Kier molecular flexibility index (Phi) is 3.85. The molecule has 0 spiro atoms. The molecule has 0 aliphatic carbocycles. The minimum Gasteiger partial charge on any atom is -0.0622 e. The number of rotatable bonds is 3. The molecule has 0 unspecified atom stereocenters. The summed E-state index contributed by atoms with van der Waals surface area (Å²) >= 11 is 0. The third kappa shape index (κ3) is 3.54. The van der Waals surface area contributed by atoms with E-state index in [1.807, 2.05) is 24.3 Å². The molecule has 8 aromatic carbocycles. The van der Waals surface area contributed by atoms with Gasteiger partial charge in [0.25, 0.3) is 0 Å². The van der Waals surface area contributed by atoms with Crippen molar-refractivity contribution in [1.82, 2.24) is 0 Å². The molecule has 0 heterocycles. The Morgan fingerprint density at radius 2 is 0.950 bits per heavy atom. The van der Waals surface area contributed by atoms with Crippen LogP contribution in [-0.2, 0) is 0 Å². The van der Waals surface area contributed by atoms with E-state index in [0.29, 0.717) is 22.4 Å². The summed E-state index contributed by atoms with van der Waals surface area (Å²) in [6, 6.07) is 36.4. The van der Waals surface area contributed by atoms with Gasteiger partial charge in [0.05, 0.1) is 9.60 Å². The van der Waals surface area contributed by atoms with Crippen LogP contribution in [0.2, 0.25) is 0 Å². The van der Waals surface area contributed by atoms with Crippen LogP contribution in [0.3, 0.4) is 0 Å². The Morgan fingerprint density at radius 1 is 0.350 bits per heavy atom. The molecule has 0 amide bonds. The molecule has 0 bridgehead atoms. The highest BCUT2D eigenvalue weighted by atomic mass is 14.2. The van der Waals surface area contributed by atoms with E-state index in [9.17, 15) is 0 Å². The lowest BCUT2D eigenvalue weighted by Crippen LogP contribution is -1.92. The Balaban J connectivity index is 1.50. The van der Waals surface area contributed by atoms with Crippen molar-refractivity contribution in [3.8, 4) is 33.4 Å². The Hall–Kier alpha value is -5.20. The molecule has 0 aliphatic rings. The molecule has 0 heteroatoms. The molecule has 0 atom stereocenters. The second kappa shape index (κ2) is 9.22. The lowest BCUT2D eigenvalue weighted by Gasteiger charge is -2.19. The molecule has 186 valence electrons. The van der Waals surface area contributed by atoms with E-state index < -0.39 is 18.1 Å². The zero-order valence-electron chi connectivity index (χ0n) is 28.5. The maximum absolute atomic E-state index is 8.84. The monoisotopic (exact) mass is 513 g/mol. The molecule has 0 aromatic heterocycles. The van der Waals surface area contributed by atoms with Gasteiger partial charge in [-0.1, -0.05) is 151 Å². The van der Waals surface area contributed by atoms with E-state index in [-0.39, 0.29) is 23.7 Å². The van der Waals surface area contributed by atoms with Crippen LogP contribution < -0.4 is 0 Å². The first-order valence-electron chi connectivity index (χ1n) is 16.8. The van der Waals surface area contributed by atoms with Crippen molar-refractivity contribution in [2.45, 2.75) is 0 Å². The number of hydrogen-bond donors (Lipinski definition) is 0. The highest BCUT2D eigenvalue weighted by Gasteiger charge is 2.18. The summed E-state index contributed by atoms with van der Waals surface area (Å²) in [6.45, 7) is 0. The fourth-order valence-electron chi connectivity index (χ4n) is 6.07. The summed E-state index contributed by atoms with van der Waals surface area (Å²) in [5.74, 6) is 0. The lowest BCUT2D eigenvalue weighted by atomic mass is 9.84. The zero-order chi connectivity index (χ0) is 32.6. The zero-order valence-corrected chi connectivity index (χ0v) is 21.5. The second-order valence-corrected chi connectivity index (χ2v) is 9.96. The minimum atomic E-state index is -0.457. The van der Waals surface area contributed by atoms with Crippen LogP contribution in [0.4, 0.5) is 0 Å². The first kappa shape index (κ1) is 16.7. The van der Waals surface area contributed by atoms with E-state index in [1.54, 1.807) is 30.3 Å². The summed E-state index contributed by atoms with van der Waals surface area (Å²) in [5.41, 5.74) is 4.54. The molecule has 0 radical (unpaired) electrons. The van der Waals surface area contributed by atoms with Crippen LogP contribution >= 0.6 is 0 Å². The van der Waals surface area contributed by atoms with Crippen molar-refractivity contribution in [2.75, 3.05) is 0 Å². The quantitative estimate of drug-likeness (QED) is 0.206. The van der Waals surface area contributed by atoms with Gasteiger partial charge < -0.3 is 0 Å². The fourth-order valence-corrected chi connectivity index (χ4v) is 6.07. The van der Waals surface area contributed by atoms with Crippen molar-refractivity contribution in [2.24, 2.45) is 0 Å². The first-order valence-corrected chi connectivity index (χ1v) is 13.3. The highest BCUT2D eigenvalue weighted by molar-refractivity contribution is 6.24. The SMILES string of the molecule is [2H]c1ccc2c(-c3cccc4c(-c5ccc6ccccc6c5)cccc34)c3cc([2H])ccc3c(-c3c([2H])c([2H])c([2H])c([2H])c3[2H])c2c1. The minimum absolute atomic E-state index is 0.0809. The molecule has 8 aromatic rings. The lowest BCUT2D eigenvalue weighted by molar-refractivity contribution is 1.65. The largest absolute Gasteiger partial charge is 0.0629 e. The molecule has 0 aliphatic heterocycles. The van der Waals surface area contributed by atoms with Crippen molar-refractivity contribution in [3.05, 3.63) is 158 Å². The van der Waals surface area contributed by atoms with Gasteiger partial charge in [-0.15, -0.1) is 0 Å². The van der Waals surface area contributed by atoms with Gasteiger partial charge in [0.2, 0.25) is 0 Å². The summed E-state index contributed by atoms with van der Waals surface area (Å²) in [7, 11) is 0. The molecule has 0 N–H and O–H groups in total. The molecular weight excluding hydrogens is 480 g/mol. The molecule has 8 rings (SSSR count). The first-order chi connectivity index (χ1) is 22.7. The van der Waals surface area contributed by atoms with Gasteiger partial charge in [-0.2, -0.15) is 0 Å². The average molecular weight is 514 g/mol. The van der Waals surface area contributed by atoms with Crippen molar-refractivity contribution < 1.29 is 9.60 Å². The predicted octanol–water partition coefficient (Wildman–Crippen LogP) is 11.3. The summed E-state index contributed by atoms with van der Waals surface area (Å²) in [5, 5.41) is 7.17. The normalized spacial score (nSPS) is 13.9. The van der Waals surface area contributed by atoms with Crippen LogP contribution in [0.25, 0.3) is 76.5 Å². The number of hydrogen-bond acceptors (Lipinski definition) is 0. The summed E-state index contributed by atoms with van der Waals surface area (Å²) in [4.78, 5) is 0. The van der Waals surface area contributed by atoms with Crippen molar-refractivity contribution in [3.63, 3.8) is 0 Å². The van der Waals surface area contributed by atoms with E-state index in [4.69, 9.17) is 9.60 Å². The predicted molar refractivity (Wildman–Crippen MR) is 173 cm³/mol. The third-order valence-electron chi connectivity index (χ3n) is 7.81. The van der Waals surface area contributed by atoms with Gasteiger partial charge in [0.1, 0.15) is 0 Å². The van der Waals surface area contributed by atoms with Crippen LogP contribution in [0.1, 0.15) is 9.60 Å². The van der Waals surface area contributed by atoms with Crippen LogP contribution in [-0.4, -0.2) is 0 Å². The highest BCUT2D eigenvalue weighted by Crippen LogP contribution is 2.46. The smallest absolute Gasteiger partial charge is 0.0622 e. The van der Waals surface area contributed by atoms with Crippen LogP contribution in [0.15, 0.2) is 158 Å². The fraction of sp³-hybridized carbons (Fsp3) is 0. The van der Waals surface area contributed by atoms with Crippen molar-refractivity contribution >= 4 is 43.1 Å². The van der Waals surface area contributed by atoms with E-state index in [1.165, 1.54) is 5.39 Å². The Labute approximate surface area is 243 Å². The molecule has 0 saturated heterocycles. The van der Waals surface area contributed by atoms with Gasteiger partial charge in [-0.05, 0) is 82.5 Å². The summed E-state index contributed by atoms with van der Waals surface area (Å²) in [6.07, 6.45) is 0. The topological polar surface area (TPSA) is 0 Å². The average Bonchev–Trinajstić information content (AvgIpc) is 3.09. The third-order valence-corrected chi connectivity index (χ3v) is 7.81. The van der Waals surface area contributed by atoms with Crippen LogP contribution in [0, 0.1) is 0 Å². The van der Waals surface area contributed by atoms with Gasteiger partial charge in [0.15, 0.2) is 0 Å². The van der Waals surface area contributed by atoms with Crippen molar-refractivity contribution in [1.29, 1.82) is 0 Å². The molecule has 0 saturated carbocycles. The molecular formula is C40H26. The Morgan fingerprint density at radius 3 is 1.73 bits per heavy atom. The standard InChI is InChI=1S/C40H26/c1-2-13-28(14-3-1)39-35-16-6-8-18-37(35)40(38-19-9-7-17-36(38)39)34-23-11-21-32-31(20-10-22-33(32)34)30-25-24-27-12-4-5-15-29(27)26-30/h1-26H/i1D,2D,3D,6D,9D,13D,14D. The molecule has 0 fully saturated rings. The molecule has 0 nitrogen and oxygen atoms in total. The van der Waals surface area contributed by atoms with E-state index in [2.05, 4.69) is 60.7 Å². The Bertz CT molecular complexity index is 2580. The van der Waals surface area contributed by atoms with Gasteiger partial charge in [-0.25, -0.2) is 0 Å². The second-order valence-electron chi connectivity index (χ2n) is 9.96. The van der Waals surface area contributed by atoms with E-state index in [0.717, 1.165) is 49.2 Å². The number of fused-ring (bicyclic) bond motifs is 4. The maximum atomic E-state index is 8.84. The molecule has 40 heavy (non-hydrogen) atoms. The van der Waals surface area contributed by atoms with Gasteiger partial charge >= 0.3 is 0 Å². The van der Waals surface area contributed by atoms with E-state index >= 15 is 0 Å². The van der Waals surface area contributed by atoms with Crippen LogP contribution in [0.5, 0.6) is 0 Å². The van der Waals surface area contributed by atoms with Gasteiger partial charge in [-0.3, -0.25) is 0 Å². The van der Waals surface area contributed by atoms with Gasteiger partial charge in [0, 0.05) is 0 Å². The summed E-state index contributed by atoms with van der Waals surface area (Å²) < 4.78 is 59.9. The maximum Gasteiger partial charge on any atom is 0.0629 e.